The summed E-state index contributed by atoms with van der Waals surface area (Å²) >= 11 is 0. The van der Waals surface area contributed by atoms with Crippen molar-refractivity contribution in [1.29, 1.82) is 0 Å². The molecule has 0 aliphatic rings. The molecule has 4 N–H and O–H groups in total. The number of nitrogens with one attached hydrogen (secondary N) is 1. The van der Waals surface area contributed by atoms with Crippen LogP contribution in [0.3, 0.4) is 0 Å². The molecule has 0 radical (unpaired) electrons. The Labute approximate surface area is 41.3 Å². The quantitative estimate of drug-likeness (QED) is 0.397. The molecule has 3 nitrogen and oxygen atoms in total. The fraction of sp³-hybridized carbons (Fsp3) is 1.00. The van der Waals surface area contributed by atoms with E-state index in [1.807, 2.05) is 0 Å². The summed E-state index contributed by atoms with van der Waals surface area (Å²) in [6.07, 6.45) is 0. The van der Waals surface area contributed by atoms with Gasteiger partial charge in [0.05, 0.1) is 12.6 Å². The molecule has 0 aliphatic heterocycles. The van der Waals surface area contributed by atoms with E-state index in [1.165, 1.54) is 5.54 Å². The summed E-state index contributed by atoms with van der Waals surface area (Å²) in [7, 11) is 0. The largest absolute Gasteiger partial charge is 0.395 e. The molecule has 0 aromatic rings. The first-order valence-corrected chi connectivity index (χ1v) is 2.02. The average Bonchev–Trinajstić information content (AvgIpc) is 1.72. The smallest absolute Gasteiger partial charge is 0.0724 e. The summed E-state index contributed by atoms with van der Waals surface area (Å²) in [5, 5.41) is 8.14. The minimum atomic E-state index is -0.597. The minimum Gasteiger partial charge on any atom is -0.395 e. The van der Waals surface area contributed by atoms with Crippen molar-refractivity contribution in [2.45, 2.75) is 6.04 Å². The van der Waals surface area contributed by atoms with Crippen molar-refractivity contribution in [3.8, 4) is 0 Å². The van der Waals surface area contributed by atoms with Crippen LogP contribution in [-0.4, -0.2) is 24.3 Å². The van der Waals surface area contributed by atoms with Crippen LogP contribution >= 0.6 is 0 Å². The van der Waals surface area contributed by atoms with E-state index in [0.29, 0.717) is 0 Å². The normalized spacial score (nSPS) is 14.1. The van der Waals surface area contributed by atoms with Crippen LogP contribution in [0.1, 0.15) is 0 Å². The molecule has 4 heteroatoms. The maximum Gasteiger partial charge on any atom is 0.0724 e. The molecule has 0 saturated carbocycles. The van der Waals surface area contributed by atoms with Crippen LogP contribution < -0.4 is 11.3 Å². The Morgan fingerprint density at radius 1 is 1.86 bits per heavy atom. The molecule has 0 amide bonds. The third-order valence-electron chi connectivity index (χ3n) is 0.659. The van der Waals surface area contributed by atoms with Gasteiger partial charge in [0.15, 0.2) is 0 Å². The van der Waals surface area contributed by atoms with E-state index in [4.69, 9.17) is 10.8 Å². The lowest BCUT2D eigenvalue weighted by molar-refractivity contribution is 0.181. The van der Waals surface area contributed by atoms with E-state index in [1.54, 1.807) is 0 Å². The fourth-order valence-corrected chi connectivity index (χ4v) is 0.154. The summed E-state index contributed by atoms with van der Waals surface area (Å²) in [5.74, 6) is 0. The van der Waals surface area contributed by atoms with Crippen LogP contribution in [0.5, 0.6) is 0 Å². The molecule has 0 saturated heterocycles. The molecule has 44 valence electrons. The van der Waals surface area contributed by atoms with Crippen molar-refractivity contribution >= 4 is 0 Å². The van der Waals surface area contributed by atoms with Gasteiger partial charge in [0.2, 0.25) is 0 Å². The molecule has 0 heterocycles. The second-order valence-electron chi connectivity index (χ2n) is 1.22. The number of hydrogen-bond donors (Lipinski definition) is 3. The monoisotopic (exact) mass is 108 g/mol. The van der Waals surface area contributed by atoms with Gasteiger partial charge in [-0.25, -0.2) is 0 Å². The SMILES string of the molecule is NCC(CO)NF. The van der Waals surface area contributed by atoms with Gasteiger partial charge in [-0.3, -0.25) is 0 Å². The van der Waals surface area contributed by atoms with Crippen LogP contribution in [0, 0.1) is 0 Å². The van der Waals surface area contributed by atoms with Gasteiger partial charge in [-0.1, -0.05) is 0 Å². The Bertz CT molecular complexity index is 34.4. The molecule has 0 fully saturated rings. The fourth-order valence-electron chi connectivity index (χ4n) is 0.154. The second kappa shape index (κ2) is 3.98. The highest BCUT2D eigenvalue weighted by molar-refractivity contribution is 4.57. The number of halogens is 1. The number of hydrogen-bond acceptors (Lipinski definition) is 3. The molecule has 0 aromatic heterocycles. The Balaban J connectivity index is 2.99. The molecule has 1 unspecified atom stereocenters. The lowest BCUT2D eigenvalue weighted by Crippen LogP contribution is -2.33. The van der Waals surface area contributed by atoms with Crippen LogP contribution in [-0.2, 0) is 0 Å². The van der Waals surface area contributed by atoms with Gasteiger partial charge in [-0.2, -0.15) is 5.54 Å². The van der Waals surface area contributed by atoms with Gasteiger partial charge in [0.25, 0.3) is 0 Å². The van der Waals surface area contributed by atoms with Gasteiger partial charge < -0.3 is 10.8 Å². The maximum absolute atomic E-state index is 11.2. The summed E-state index contributed by atoms with van der Waals surface area (Å²) in [5.41, 5.74) is 6.26. The molecular formula is C3H9FN2O. The molecule has 7 heavy (non-hydrogen) atoms. The highest BCUT2D eigenvalue weighted by atomic mass is 19.2. The molecule has 1 atom stereocenters. The molecule has 0 rings (SSSR count). The zero-order valence-corrected chi connectivity index (χ0v) is 3.89. The first-order chi connectivity index (χ1) is 3.35. The van der Waals surface area contributed by atoms with Gasteiger partial charge in [-0.15, -0.1) is 4.48 Å². The predicted octanol–water partition coefficient (Wildman–Crippen LogP) is -1.22. The first-order valence-electron chi connectivity index (χ1n) is 2.02. The zero-order chi connectivity index (χ0) is 5.70. The van der Waals surface area contributed by atoms with E-state index < -0.39 is 6.04 Å². The molecule has 0 bridgehead atoms. The van der Waals surface area contributed by atoms with Crippen LogP contribution in [0.25, 0.3) is 0 Å². The van der Waals surface area contributed by atoms with E-state index >= 15 is 0 Å². The lowest BCUT2D eigenvalue weighted by Gasteiger charge is -2.03. The third-order valence-corrected chi connectivity index (χ3v) is 0.659. The van der Waals surface area contributed by atoms with Crippen LogP contribution in [0.2, 0.25) is 0 Å². The van der Waals surface area contributed by atoms with Crippen molar-refractivity contribution in [2.75, 3.05) is 13.2 Å². The van der Waals surface area contributed by atoms with E-state index in [9.17, 15) is 4.48 Å². The molecule has 0 aliphatic carbocycles. The summed E-state index contributed by atoms with van der Waals surface area (Å²) < 4.78 is 11.2. The van der Waals surface area contributed by atoms with E-state index in [-0.39, 0.29) is 13.2 Å². The van der Waals surface area contributed by atoms with Crippen molar-refractivity contribution < 1.29 is 9.59 Å². The van der Waals surface area contributed by atoms with Crippen molar-refractivity contribution in [3.05, 3.63) is 0 Å². The number of aliphatic hydroxyl groups is 1. The van der Waals surface area contributed by atoms with Gasteiger partial charge in [-0.05, 0) is 0 Å². The predicted molar refractivity (Wildman–Crippen MR) is 24.2 cm³/mol. The zero-order valence-electron chi connectivity index (χ0n) is 3.89. The highest BCUT2D eigenvalue weighted by Crippen LogP contribution is 1.73. The summed E-state index contributed by atoms with van der Waals surface area (Å²) in [6, 6.07) is -0.597. The van der Waals surface area contributed by atoms with Crippen LogP contribution in [0.15, 0.2) is 0 Å². The number of rotatable bonds is 3. The Hall–Kier alpha value is -0.190. The van der Waals surface area contributed by atoms with Gasteiger partial charge in [0, 0.05) is 6.54 Å². The Morgan fingerprint density at radius 3 is 2.43 bits per heavy atom. The molecular weight excluding hydrogens is 99.0 g/mol. The van der Waals surface area contributed by atoms with E-state index in [2.05, 4.69) is 0 Å². The first kappa shape index (κ1) is 6.81. The molecule has 0 aromatic carbocycles. The van der Waals surface area contributed by atoms with Gasteiger partial charge >= 0.3 is 0 Å². The van der Waals surface area contributed by atoms with Gasteiger partial charge in [0.1, 0.15) is 0 Å². The minimum absolute atomic E-state index is 0.118. The Morgan fingerprint density at radius 2 is 2.43 bits per heavy atom. The van der Waals surface area contributed by atoms with Crippen molar-refractivity contribution in [3.63, 3.8) is 0 Å². The number of nitrogens with two attached hydrogens (primary N) is 1. The Kier molecular flexibility index (Phi) is 3.87. The lowest BCUT2D eigenvalue weighted by atomic mass is 10.3. The molecule has 0 spiro atoms. The highest BCUT2D eigenvalue weighted by Gasteiger charge is 1.99. The second-order valence-corrected chi connectivity index (χ2v) is 1.22. The average molecular weight is 108 g/mol. The number of aliphatic hydroxyl groups excluding tert-OH is 1. The maximum atomic E-state index is 11.2. The third kappa shape index (κ3) is 2.50. The van der Waals surface area contributed by atoms with Crippen molar-refractivity contribution in [2.24, 2.45) is 5.73 Å². The standard InChI is InChI=1S/C3H9FN2O/c4-6-3(1-5)2-7/h3,6-7H,1-2,5H2. The summed E-state index contributed by atoms with van der Waals surface area (Å²) in [4.78, 5) is 0. The van der Waals surface area contributed by atoms with Crippen LogP contribution in [0.4, 0.5) is 4.48 Å². The topological polar surface area (TPSA) is 58.3 Å². The summed E-state index contributed by atoms with van der Waals surface area (Å²) in [6.45, 7) is -0.139. The van der Waals surface area contributed by atoms with Crippen molar-refractivity contribution in [1.82, 2.24) is 5.54 Å². The van der Waals surface area contributed by atoms with E-state index in [0.717, 1.165) is 0 Å².